The van der Waals surface area contributed by atoms with Crippen LogP contribution in [-0.2, 0) is 6.42 Å². The molecule has 1 aliphatic carbocycles. The third-order valence-electron chi connectivity index (χ3n) is 8.36. The number of aryl methyl sites for hydroxylation is 1. The van der Waals surface area contributed by atoms with E-state index in [1.807, 2.05) is 12.4 Å². The molecular weight excluding hydrogens is 452 g/mol. The Morgan fingerprint density at radius 3 is 1.81 bits per heavy atom. The van der Waals surface area contributed by atoms with Gasteiger partial charge in [-0.05, 0) is 60.9 Å². The van der Waals surface area contributed by atoms with E-state index in [-0.39, 0.29) is 0 Å². The van der Waals surface area contributed by atoms with Gasteiger partial charge in [-0.2, -0.15) is 0 Å². The van der Waals surface area contributed by atoms with Crippen LogP contribution in [-0.4, -0.2) is 16.6 Å². The molecule has 3 rings (SSSR count). The lowest BCUT2D eigenvalue weighted by atomic mass is 9.78. The van der Waals surface area contributed by atoms with Crippen molar-refractivity contribution in [3.63, 3.8) is 0 Å². The summed E-state index contributed by atoms with van der Waals surface area (Å²) in [5.74, 6) is 3.64. The number of ether oxygens (including phenoxy) is 1. The molecule has 1 aromatic carbocycles. The quantitative estimate of drug-likeness (QED) is 0.178. The predicted molar refractivity (Wildman–Crippen MR) is 158 cm³/mol. The summed E-state index contributed by atoms with van der Waals surface area (Å²) in [7, 11) is 0. The number of hydrogen-bond donors (Lipinski definition) is 0. The summed E-state index contributed by atoms with van der Waals surface area (Å²) < 4.78 is 5.93. The van der Waals surface area contributed by atoms with Gasteiger partial charge in [-0.25, -0.2) is 9.97 Å². The molecule has 1 aromatic heterocycles. The van der Waals surface area contributed by atoms with Gasteiger partial charge in [0.1, 0.15) is 5.75 Å². The van der Waals surface area contributed by atoms with Crippen molar-refractivity contribution in [3.05, 3.63) is 42.2 Å². The summed E-state index contributed by atoms with van der Waals surface area (Å²) in [5.41, 5.74) is 2.33. The highest BCUT2D eigenvalue weighted by molar-refractivity contribution is 5.55. The van der Waals surface area contributed by atoms with Crippen LogP contribution < -0.4 is 4.74 Å². The Bertz CT molecular complexity index is 809. The van der Waals surface area contributed by atoms with Crippen molar-refractivity contribution < 1.29 is 4.74 Å². The molecule has 2 aromatic rings. The number of aromatic nitrogens is 2. The summed E-state index contributed by atoms with van der Waals surface area (Å²) in [6.45, 7) is 5.37. The third kappa shape index (κ3) is 12.0. The van der Waals surface area contributed by atoms with Gasteiger partial charge in [-0.1, -0.05) is 117 Å². The summed E-state index contributed by atoms with van der Waals surface area (Å²) >= 11 is 0. The molecule has 1 aliphatic rings. The van der Waals surface area contributed by atoms with Gasteiger partial charge in [0.05, 0.1) is 6.61 Å². The minimum Gasteiger partial charge on any atom is -0.494 e. The normalized spacial score (nSPS) is 17.7. The first-order valence-corrected chi connectivity index (χ1v) is 15.8. The topological polar surface area (TPSA) is 35.0 Å². The van der Waals surface area contributed by atoms with E-state index in [1.165, 1.54) is 115 Å². The van der Waals surface area contributed by atoms with Gasteiger partial charge >= 0.3 is 0 Å². The first-order valence-electron chi connectivity index (χ1n) is 15.8. The highest BCUT2D eigenvalue weighted by Crippen LogP contribution is 2.34. The second kappa shape index (κ2) is 18.4. The average molecular weight is 507 g/mol. The largest absolute Gasteiger partial charge is 0.494 e. The van der Waals surface area contributed by atoms with Crippen LogP contribution in [0.25, 0.3) is 11.4 Å². The van der Waals surface area contributed by atoms with Crippen molar-refractivity contribution in [2.24, 2.45) is 11.8 Å². The number of benzene rings is 1. The maximum Gasteiger partial charge on any atom is 0.159 e. The van der Waals surface area contributed by atoms with E-state index in [2.05, 4.69) is 48.1 Å². The van der Waals surface area contributed by atoms with Crippen molar-refractivity contribution in [2.45, 2.75) is 136 Å². The van der Waals surface area contributed by atoms with Crippen molar-refractivity contribution in [3.8, 4) is 17.1 Å². The van der Waals surface area contributed by atoms with E-state index in [1.54, 1.807) is 0 Å². The first-order chi connectivity index (χ1) is 18.3. The zero-order valence-corrected chi connectivity index (χ0v) is 24.1. The first kappa shape index (κ1) is 29.7. The second-order valence-corrected chi connectivity index (χ2v) is 11.5. The summed E-state index contributed by atoms with van der Waals surface area (Å²) in [4.78, 5) is 9.35. The molecule has 1 fully saturated rings. The van der Waals surface area contributed by atoms with Crippen LogP contribution in [0.15, 0.2) is 36.7 Å². The molecule has 0 saturated heterocycles. The Morgan fingerprint density at radius 2 is 1.19 bits per heavy atom. The van der Waals surface area contributed by atoms with E-state index in [9.17, 15) is 0 Å². The standard InChI is InChI=1S/C34H54N2O/c1-3-5-7-9-10-12-14-26-37-33-24-22-32(23-25-33)34-35-27-31(28-36-34)21-20-30-18-16-29(17-19-30)15-13-11-8-6-4-2/h22-25,27-30H,3-21,26H2,1-2H3/t29-,30-. The minimum absolute atomic E-state index is 0.805. The van der Waals surface area contributed by atoms with Gasteiger partial charge in [0.2, 0.25) is 0 Å². The lowest BCUT2D eigenvalue weighted by molar-refractivity contribution is 0.248. The molecule has 0 aliphatic heterocycles. The van der Waals surface area contributed by atoms with Gasteiger partial charge in [-0.3, -0.25) is 0 Å². The maximum absolute atomic E-state index is 5.93. The Hall–Kier alpha value is -1.90. The fourth-order valence-corrected chi connectivity index (χ4v) is 5.80. The summed E-state index contributed by atoms with van der Waals surface area (Å²) in [6, 6.07) is 8.26. The van der Waals surface area contributed by atoms with Crippen molar-refractivity contribution >= 4 is 0 Å². The molecule has 206 valence electrons. The summed E-state index contributed by atoms with van der Waals surface area (Å²) in [6.07, 6.45) is 29.9. The average Bonchev–Trinajstić information content (AvgIpc) is 2.94. The maximum atomic E-state index is 5.93. The van der Waals surface area contributed by atoms with Crippen LogP contribution in [0.4, 0.5) is 0 Å². The molecule has 0 amide bonds. The highest BCUT2D eigenvalue weighted by atomic mass is 16.5. The van der Waals surface area contributed by atoms with E-state index in [0.29, 0.717) is 0 Å². The van der Waals surface area contributed by atoms with Gasteiger partial charge in [0, 0.05) is 18.0 Å². The SMILES string of the molecule is CCCCCCCCCOc1ccc(-c2ncc(CC[C@H]3CC[C@H](CCCCCCC)CC3)cn2)cc1. The van der Waals surface area contributed by atoms with E-state index < -0.39 is 0 Å². The van der Waals surface area contributed by atoms with Crippen LogP contribution >= 0.6 is 0 Å². The molecule has 0 atom stereocenters. The monoisotopic (exact) mass is 506 g/mol. The third-order valence-corrected chi connectivity index (χ3v) is 8.36. The Morgan fingerprint density at radius 1 is 0.649 bits per heavy atom. The van der Waals surface area contributed by atoms with Crippen LogP contribution in [0.5, 0.6) is 5.75 Å². The van der Waals surface area contributed by atoms with Crippen molar-refractivity contribution in [1.82, 2.24) is 9.97 Å². The van der Waals surface area contributed by atoms with Gasteiger partial charge in [0.25, 0.3) is 0 Å². The zero-order valence-electron chi connectivity index (χ0n) is 24.1. The van der Waals surface area contributed by atoms with Crippen LogP contribution in [0.1, 0.15) is 135 Å². The van der Waals surface area contributed by atoms with E-state index >= 15 is 0 Å². The Balaban J connectivity index is 1.29. The van der Waals surface area contributed by atoms with Crippen LogP contribution in [0.3, 0.4) is 0 Å². The van der Waals surface area contributed by atoms with Crippen LogP contribution in [0.2, 0.25) is 0 Å². The lowest BCUT2D eigenvalue weighted by Gasteiger charge is -2.28. The smallest absolute Gasteiger partial charge is 0.159 e. The number of nitrogens with zero attached hydrogens (tertiary/aromatic N) is 2. The molecular formula is C34H54N2O. The fourth-order valence-electron chi connectivity index (χ4n) is 5.80. The Labute approximate surface area is 228 Å². The molecule has 3 heteroatoms. The second-order valence-electron chi connectivity index (χ2n) is 11.5. The van der Waals surface area contributed by atoms with Gasteiger partial charge in [-0.15, -0.1) is 0 Å². The minimum atomic E-state index is 0.805. The molecule has 0 radical (unpaired) electrons. The predicted octanol–water partition coefficient (Wildman–Crippen LogP) is 10.4. The zero-order chi connectivity index (χ0) is 26.0. The van der Waals surface area contributed by atoms with Crippen molar-refractivity contribution in [2.75, 3.05) is 6.61 Å². The molecule has 0 bridgehead atoms. The summed E-state index contributed by atoms with van der Waals surface area (Å²) in [5, 5.41) is 0. The molecule has 3 nitrogen and oxygen atoms in total. The molecule has 0 N–H and O–H groups in total. The number of hydrogen-bond acceptors (Lipinski definition) is 3. The molecule has 0 unspecified atom stereocenters. The van der Waals surface area contributed by atoms with Crippen LogP contribution in [0, 0.1) is 11.8 Å². The van der Waals surface area contributed by atoms with Gasteiger partial charge in [0.15, 0.2) is 5.82 Å². The number of unbranched alkanes of at least 4 members (excludes halogenated alkanes) is 10. The molecule has 1 heterocycles. The van der Waals surface area contributed by atoms with E-state index in [0.717, 1.165) is 48.4 Å². The molecule has 0 spiro atoms. The Kier molecular flexibility index (Phi) is 14.7. The highest BCUT2D eigenvalue weighted by Gasteiger charge is 2.20. The number of rotatable bonds is 19. The van der Waals surface area contributed by atoms with Crippen molar-refractivity contribution in [1.29, 1.82) is 0 Å². The fraction of sp³-hybridized carbons (Fsp3) is 0.706. The van der Waals surface area contributed by atoms with Gasteiger partial charge < -0.3 is 4.74 Å². The molecule has 37 heavy (non-hydrogen) atoms. The van der Waals surface area contributed by atoms with E-state index in [4.69, 9.17) is 4.74 Å². The lowest BCUT2D eigenvalue weighted by Crippen LogP contribution is -2.15. The molecule has 1 saturated carbocycles.